The van der Waals surface area contributed by atoms with Gasteiger partial charge >= 0.3 is 6.09 Å². The minimum absolute atomic E-state index is 0.200. The summed E-state index contributed by atoms with van der Waals surface area (Å²) in [5.41, 5.74) is 2.74. The molecule has 1 amide bonds. The predicted molar refractivity (Wildman–Crippen MR) is 69.1 cm³/mol. The normalized spacial score (nSPS) is 19.2. The Morgan fingerprint density at radius 1 is 1.24 bits per heavy atom. The summed E-state index contributed by atoms with van der Waals surface area (Å²) < 4.78 is 4.75. The molecule has 0 saturated carbocycles. The summed E-state index contributed by atoms with van der Waals surface area (Å²) in [6, 6.07) is 8.70. The Hall–Kier alpha value is -1.51. The number of carbonyl (C=O) groups is 1. The first kappa shape index (κ1) is 13.6. The Labute approximate surface area is 103 Å². The fourth-order valence-corrected chi connectivity index (χ4v) is 1.45. The lowest BCUT2D eigenvalue weighted by Gasteiger charge is -2.28. The van der Waals surface area contributed by atoms with Gasteiger partial charge in [0.25, 0.3) is 0 Å². The molecular weight excluding hydrogens is 214 g/mol. The van der Waals surface area contributed by atoms with Crippen LogP contribution >= 0.6 is 0 Å². The minimum atomic E-state index is -0.200. The second-order valence-corrected chi connectivity index (χ2v) is 4.45. The number of nitrogens with zero attached hydrogens (tertiary/aromatic N) is 1. The van der Waals surface area contributed by atoms with E-state index in [0.717, 1.165) is 6.42 Å². The van der Waals surface area contributed by atoms with E-state index in [0.29, 0.717) is 12.6 Å². The molecule has 1 heterocycles. The minimum Gasteiger partial charge on any atom is -0.449 e. The van der Waals surface area contributed by atoms with Crippen molar-refractivity contribution < 1.29 is 9.53 Å². The highest BCUT2D eigenvalue weighted by Crippen LogP contribution is 2.09. The van der Waals surface area contributed by atoms with Crippen LogP contribution in [0.2, 0.25) is 0 Å². The summed E-state index contributed by atoms with van der Waals surface area (Å²) in [6.45, 7) is 6.83. The van der Waals surface area contributed by atoms with Crippen LogP contribution in [-0.4, -0.2) is 30.7 Å². The number of hydrogen-bond acceptors (Lipinski definition) is 2. The summed E-state index contributed by atoms with van der Waals surface area (Å²) in [5.74, 6) is 0. The number of amides is 1. The number of cyclic esters (lactones) is 1. The quantitative estimate of drug-likeness (QED) is 0.691. The van der Waals surface area contributed by atoms with Gasteiger partial charge in [-0.25, -0.2) is 4.79 Å². The molecule has 0 radical (unpaired) electrons. The van der Waals surface area contributed by atoms with Gasteiger partial charge in [0.05, 0.1) is 6.61 Å². The third-order valence-corrected chi connectivity index (χ3v) is 3.14. The molecule has 94 valence electrons. The van der Waals surface area contributed by atoms with Gasteiger partial charge in [-0.3, -0.25) is 0 Å². The molecule has 1 aromatic rings. The van der Waals surface area contributed by atoms with E-state index < -0.39 is 0 Å². The molecule has 0 N–H and O–H groups in total. The van der Waals surface area contributed by atoms with Crippen LogP contribution in [0.15, 0.2) is 24.3 Å². The Morgan fingerprint density at radius 3 is 2.12 bits per heavy atom. The molecule has 2 rings (SSSR count). The van der Waals surface area contributed by atoms with Crippen LogP contribution in [0.25, 0.3) is 0 Å². The molecular formula is C14H21NO2. The van der Waals surface area contributed by atoms with Crippen LogP contribution in [0, 0.1) is 13.8 Å². The zero-order chi connectivity index (χ0) is 12.8. The van der Waals surface area contributed by atoms with Crippen molar-refractivity contribution in [1.29, 1.82) is 0 Å². The highest BCUT2D eigenvalue weighted by atomic mass is 16.6. The average molecular weight is 235 g/mol. The lowest BCUT2D eigenvalue weighted by atomic mass is 10.1. The van der Waals surface area contributed by atoms with E-state index in [-0.39, 0.29) is 6.09 Å². The molecule has 0 bridgehead atoms. The van der Waals surface area contributed by atoms with Crippen LogP contribution in [0.4, 0.5) is 4.79 Å². The third-order valence-electron chi connectivity index (χ3n) is 3.14. The summed E-state index contributed by atoms with van der Waals surface area (Å²) in [4.78, 5) is 12.3. The number of ether oxygens (including phenoxy) is 1. The van der Waals surface area contributed by atoms with E-state index in [1.807, 2.05) is 6.92 Å². The van der Waals surface area contributed by atoms with Gasteiger partial charge in [-0.05, 0) is 31.9 Å². The average Bonchev–Trinajstić information content (AvgIpc) is 2.31. The maximum atomic E-state index is 10.7. The molecule has 0 aliphatic carbocycles. The number of rotatable bonds is 0. The first-order chi connectivity index (χ1) is 8.02. The maximum Gasteiger partial charge on any atom is 0.409 e. The summed E-state index contributed by atoms with van der Waals surface area (Å²) in [6.07, 6.45) is 0.746. The van der Waals surface area contributed by atoms with Crippen LogP contribution < -0.4 is 0 Å². The van der Waals surface area contributed by atoms with E-state index in [4.69, 9.17) is 4.74 Å². The summed E-state index contributed by atoms with van der Waals surface area (Å²) in [7, 11) is 1.76. The highest BCUT2D eigenvalue weighted by molar-refractivity contribution is 5.68. The van der Waals surface area contributed by atoms with Crippen LogP contribution in [0.3, 0.4) is 0 Å². The fourth-order valence-electron chi connectivity index (χ4n) is 1.45. The van der Waals surface area contributed by atoms with Gasteiger partial charge in [-0.15, -0.1) is 0 Å². The summed E-state index contributed by atoms with van der Waals surface area (Å²) in [5, 5.41) is 0. The smallest absolute Gasteiger partial charge is 0.409 e. The first-order valence-corrected chi connectivity index (χ1v) is 5.94. The van der Waals surface area contributed by atoms with Crippen molar-refractivity contribution in [3.8, 4) is 0 Å². The molecule has 1 fully saturated rings. The van der Waals surface area contributed by atoms with Crippen molar-refractivity contribution in [2.24, 2.45) is 0 Å². The van der Waals surface area contributed by atoms with Crippen molar-refractivity contribution in [3.05, 3.63) is 35.4 Å². The molecule has 3 nitrogen and oxygen atoms in total. The molecule has 17 heavy (non-hydrogen) atoms. The van der Waals surface area contributed by atoms with Crippen LogP contribution in [0.1, 0.15) is 24.5 Å². The van der Waals surface area contributed by atoms with Gasteiger partial charge in [0.1, 0.15) is 0 Å². The lowest BCUT2D eigenvalue weighted by Crippen LogP contribution is -2.40. The monoisotopic (exact) mass is 235 g/mol. The Morgan fingerprint density at radius 2 is 1.76 bits per heavy atom. The molecule has 1 saturated heterocycles. The predicted octanol–water partition coefficient (Wildman–Crippen LogP) is 3.15. The zero-order valence-electron chi connectivity index (χ0n) is 11.1. The van der Waals surface area contributed by atoms with Crippen molar-refractivity contribution in [1.82, 2.24) is 4.90 Å². The zero-order valence-corrected chi connectivity index (χ0v) is 11.1. The second-order valence-electron chi connectivity index (χ2n) is 4.45. The second kappa shape index (κ2) is 6.28. The number of hydrogen-bond donors (Lipinski definition) is 0. The van der Waals surface area contributed by atoms with Crippen LogP contribution in [-0.2, 0) is 4.74 Å². The van der Waals surface area contributed by atoms with Gasteiger partial charge in [0.15, 0.2) is 0 Å². The third kappa shape index (κ3) is 4.10. The molecule has 1 aliphatic heterocycles. The molecule has 1 aromatic carbocycles. The molecule has 3 heteroatoms. The van der Waals surface area contributed by atoms with Crippen LogP contribution in [0.5, 0.6) is 0 Å². The van der Waals surface area contributed by atoms with Crippen molar-refractivity contribution >= 4 is 6.09 Å². The Balaban J connectivity index is 0.000000171. The standard InChI is InChI=1S/C8H10.C6H11NO2/c1-7-5-3-4-6-8(7)2;1-5-3-4-9-6(8)7(5)2/h3-6H,1-2H3;5H,3-4H2,1-2H3/t;5-/m.1/s1. The maximum absolute atomic E-state index is 10.7. The molecule has 1 aliphatic rings. The molecule has 1 atom stereocenters. The summed E-state index contributed by atoms with van der Waals surface area (Å²) >= 11 is 0. The van der Waals surface area contributed by atoms with Gasteiger partial charge in [-0.2, -0.15) is 0 Å². The number of benzene rings is 1. The lowest BCUT2D eigenvalue weighted by molar-refractivity contribution is 0.0610. The van der Waals surface area contributed by atoms with E-state index in [1.165, 1.54) is 11.1 Å². The SMILES string of the molecule is C[C@@H]1CCOC(=O)N1C.Cc1ccccc1C. The van der Waals surface area contributed by atoms with E-state index in [1.54, 1.807) is 11.9 Å². The van der Waals surface area contributed by atoms with Gasteiger partial charge in [0.2, 0.25) is 0 Å². The van der Waals surface area contributed by atoms with Crippen molar-refractivity contribution in [3.63, 3.8) is 0 Å². The fraction of sp³-hybridized carbons (Fsp3) is 0.500. The van der Waals surface area contributed by atoms with Gasteiger partial charge in [-0.1, -0.05) is 24.3 Å². The van der Waals surface area contributed by atoms with E-state index >= 15 is 0 Å². The van der Waals surface area contributed by atoms with Crippen molar-refractivity contribution in [2.45, 2.75) is 33.2 Å². The number of aryl methyl sites for hydroxylation is 2. The largest absolute Gasteiger partial charge is 0.449 e. The van der Waals surface area contributed by atoms with Gasteiger partial charge in [0, 0.05) is 19.5 Å². The van der Waals surface area contributed by atoms with Crippen molar-refractivity contribution in [2.75, 3.05) is 13.7 Å². The first-order valence-electron chi connectivity index (χ1n) is 5.94. The Bertz CT molecular complexity index is 355. The number of carbonyl (C=O) groups excluding carboxylic acids is 1. The highest BCUT2D eigenvalue weighted by Gasteiger charge is 2.21. The van der Waals surface area contributed by atoms with E-state index in [9.17, 15) is 4.79 Å². The Kier molecular flexibility index (Phi) is 5.01. The van der Waals surface area contributed by atoms with Gasteiger partial charge < -0.3 is 9.64 Å². The topological polar surface area (TPSA) is 29.5 Å². The molecule has 0 spiro atoms. The molecule has 0 unspecified atom stereocenters. The molecule has 0 aromatic heterocycles. The van der Waals surface area contributed by atoms with E-state index in [2.05, 4.69) is 38.1 Å².